The van der Waals surface area contributed by atoms with Crippen LogP contribution in [0.3, 0.4) is 0 Å². The normalized spacial score (nSPS) is 18.0. The van der Waals surface area contributed by atoms with Crippen LogP contribution in [0, 0.1) is 5.92 Å². The van der Waals surface area contributed by atoms with Gasteiger partial charge in [-0.3, -0.25) is 0 Å². The van der Waals surface area contributed by atoms with Gasteiger partial charge in [-0.05, 0) is 25.3 Å². The summed E-state index contributed by atoms with van der Waals surface area (Å²) in [4.78, 5) is 2.18. The maximum atomic E-state index is 5.60. The Kier molecular flexibility index (Phi) is 3.77. The Balaban J connectivity index is 1.91. The van der Waals surface area contributed by atoms with Crippen LogP contribution in [-0.2, 0) is 6.54 Å². The molecule has 0 radical (unpaired) electrons. The SMILES string of the molecule is CCNCc1nnc(N2CCC(C)CC2)o1. The summed E-state index contributed by atoms with van der Waals surface area (Å²) in [5.74, 6) is 1.50. The van der Waals surface area contributed by atoms with Crippen LogP contribution in [0.25, 0.3) is 0 Å². The quantitative estimate of drug-likeness (QED) is 0.838. The molecule has 0 bridgehead atoms. The number of aromatic nitrogens is 2. The summed E-state index contributed by atoms with van der Waals surface area (Å²) >= 11 is 0. The summed E-state index contributed by atoms with van der Waals surface area (Å²) in [5.41, 5.74) is 0. The number of nitrogens with one attached hydrogen (secondary N) is 1. The van der Waals surface area contributed by atoms with Gasteiger partial charge in [-0.2, -0.15) is 0 Å². The van der Waals surface area contributed by atoms with E-state index in [0.717, 1.165) is 25.6 Å². The first-order valence-corrected chi connectivity index (χ1v) is 6.07. The van der Waals surface area contributed by atoms with Crippen molar-refractivity contribution in [3.8, 4) is 0 Å². The molecule has 2 rings (SSSR count). The molecule has 1 saturated heterocycles. The predicted molar refractivity (Wildman–Crippen MR) is 62.3 cm³/mol. The molecule has 1 aromatic heterocycles. The first-order valence-electron chi connectivity index (χ1n) is 6.07. The van der Waals surface area contributed by atoms with E-state index in [1.807, 2.05) is 0 Å². The van der Waals surface area contributed by atoms with E-state index in [1.54, 1.807) is 0 Å². The van der Waals surface area contributed by atoms with Gasteiger partial charge in [-0.1, -0.05) is 18.9 Å². The van der Waals surface area contributed by atoms with E-state index in [0.29, 0.717) is 18.5 Å². The highest BCUT2D eigenvalue weighted by molar-refractivity contribution is 5.24. The molecule has 0 aliphatic carbocycles. The highest BCUT2D eigenvalue weighted by Gasteiger charge is 2.20. The molecule has 0 saturated carbocycles. The fourth-order valence-corrected chi connectivity index (χ4v) is 1.88. The maximum absolute atomic E-state index is 5.60. The highest BCUT2D eigenvalue weighted by atomic mass is 16.4. The minimum absolute atomic E-state index is 0.660. The smallest absolute Gasteiger partial charge is 0.318 e. The molecule has 1 aromatic rings. The van der Waals surface area contributed by atoms with Crippen LogP contribution in [-0.4, -0.2) is 29.8 Å². The highest BCUT2D eigenvalue weighted by Crippen LogP contribution is 2.21. The maximum Gasteiger partial charge on any atom is 0.318 e. The molecule has 0 spiro atoms. The molecule has 0 unspecified atom stereocenters. The van der Waals surface area contributed by atoms with Crippen LogP contribution >= 0.6 is 0 Å². The lowest BCUT2D eigenvalue weighted by molar-refractivity contribution is 0.402. The fraction of sp³-hybridized carbons (Fsp3) is 0.818. The number of anilines is 1. The average Bonchev–Trinajstić information content (AvgIpc) is 2.76. The predicted octanol–water partition coefficient (Wildman–Crippen LogP) is 1.42. The van der Waals surface area contributed by atoms with Gasteiger partial charge in [0, 0.05) is 13.1 Å². The lowest BCUT2D eigenvalue weighted by Crippen LogP contribution is -2.32. The van der Waals surface area contributed by atoms with Gasteiger partial charge in [0.25, 0.3) is 0 Å². The van der Waals surface area contributed by atoms with Crippen molar-refractivity contribution >= 4 is 6.01 Å². The second kappa shape index (κ2) is 5.30. The molecule has 0 aromatic carbocycles. The number of hydrogen-bond acceptors (Lipinski definition) is 5. The third-order valence-corrected chi connectivity index (χ3v) is 3.04. The number of piperidine rings is 1. The van der Waals surface area contributed by atoms with E-state index < -0.39 is 0 Å². The van der Waals surface area contributed by atoms with Crippen molar-refractivity contribution < 1.29 is 4.42 Å². The van der Waals surface area contributed by atoms with Crippen molar-refractivity contribution in [2.75, 3.05) is 24.5 Å². The van der Waals surface area contributed by atoms with Crippen molar-refractivity contribution in [3.63, 3.8) is 0 Å². The topological polar surface area (TPSA) is 54.2 Å². The van der Waals surface area contributed by atoms with Crippen molar-refractivity contribution in [2.45, 2.75) is 33.2 Å². The van der Waals surface area contributed by atoms with Crippen LogP contribution in [0.4, 0.5) is 6.01 Å². The van der Waals surface area contributed by atoms with Gasteiger partial charge in [0.05, 0.1) is 6.54 Å². The fourth-order valence-electron chi connectivity index (χ4n) is 1.88. The molecular formula is C11H20N4O. The average molecular weight is 224 g/mol. The summed E-state index contributed by atoms with van der Waals surface area (Å²) in [7, 11) is 0. The van der Waals surface area contributed by atoms with Crippen molar-refractivity contribution in [1.82, 2.24) is 15.5 Å². The van der Waals surface area contributed by atoms with Gasteiger partial charge >= 0.3 is 6.01 Å². The summed E-state index contributed by atoms with van der Waals surface area (Å²) in [6.07, 6.45) is 2.43. The molecule has 1 aliphatic heterocycles. The van der Waals surface area contributed by atoms with Crippen molar-refractivity contribution in [1.29, 1.82) is 0 Å². The first kappa shape index (κ1) is 11.4. The summed E-state index contributed by atoms with van der Waals surface area (Å²) in [6.45, 7) is 7.99. The van der Waals surface area contributed by atoms with Gasteiger partial charge in [-0.15, -0.1) is 5.10 Å². The Bertz CT molecular complexity index is 318. The second-order valence-corrected chi connectivity index (χ2v) is 4.43. The standard InChI is InChI=1S/C11H20N4O/c1-3-12-8-10-13-14-11(16-10)15-6-4-9(2)5-7-15/h9,12H,3-8H2,1-2H3. The monoisotopic (exact) mass is 224 g/mol. The Morgan fingerprint density at radius 1 is 1.38 bits per heavy atom. The summed E-state index contributed by atoms with van der Waals surface area (Å²) in [5, 5.41) is 11.3. The zero-order chi connectivity index (χ0) is 11.4. The third kappa shape index (κ3) is 2.72. The van der Waals surface area contributed by atoms with Gasteiger partial charge in [-0.25, -0.2) is 0 Å². The summed E-state index contributed by atoms with van der Waals surface area (Å²) in [6, 6.07) is 0.680. The minimum Gasteiger partial charge on any atom is -0.407 e. The first-order chi connectivity index (χ1) is 7.79. The number of hydrogen-bond donors (Lipinski definition) is 1. The lowest BCUT2D eigenvalue weighted by atomic mass is 10.00. The molecule has 5 nitrogen and oxygen atoms in total. The Morgan fingerprint density at radius 2 is 2.12 bits per heavy atom. The van der Waals surface area contributed by atoms with E-state index >= 15 is 0 Å². The molecule has 1 N–H and O–H groups in total. The third-order valence-electron chi connectivity index (χ3n) is 3.04. The Hall–Kier alpha value is -1.10. The van der Waals surface area contributed by atoms with E-state index in [-0.39, 0.29) is 0 Å². The van der Waals surface area contributed by atoms with Crippen LogP contribution in [0.5, 0.6) is 0 Å². The number of rotatable bonds is 4. The van der Waals surface area contributed by atoms with Gasteiger partial charge in [0.1, 0.15) is 0 Å². The van der Waals surface area contributed by atoms with E-state index in [9.17, 15) is 0 Å². The Morgan fingerprint density at radius 3 is 2.81 bits per heavy atom. The van der Waals surface area contributed by atoms with Crippen molar-refractivity contribution in [2.24, 2.45) is 5.92 Å². The molecule has 90 valence electrons. The molecule has 5 heteroatoms. The Labute approximate surface area is 96.2 Å². The molecule has 16 heavy (non-hydrogen) atoms. The largest absolute Gasteiger partial charge is 0.407 e. The molecule has 0 atom stereocenters. The molecule has 1 fully saturated rings. The van der Waals surface area contributed by atoms with Gasteiger partial charge in [0.15, 0.2) is 0 Å². The zero-order valence-corrected chi connectivity index (χ0v) is 10.1. The second-order valence-electron chi connectivity index (χ2n) is 4.43. The van der Waals surface area contributed by atoms with Crippen LogP contribution in [0.15, 0.2) is 4.42 Å². The lowest BCUT2D eigenvalue weighted by Gasteiger charge is -2.28. The van der Waals surface area contributed by atoms with Crippen LogP contribution in [0.1, 0.15) is 32.6 Å². The molecule has 1 aliphatic rings. The van der Waals surface area contributed by atoms with Crippen LogP contribution < -0.4 is 10.2 Å². The number of nitrogens with zero attached hydrogens (tertiary/aromatic N) is 3. The van der Waals surface area contributed by atoms with Gasteiger partial charge in [0.2, 0.25) is 5.89 Å². The van der Waals surface area contributed by atoms with Crippen molar-refractivity contribution in [3.05, 3.63) is 5.89 Å². The van der Waals surface area contributed by atoms with E-state index in [4.69, 9.17) is 4.42 Å². The zero-order valence-electron chi connectivity index (χ0n) is 10.1. The van der Waals surface area contributed by atoms with Crippen LogP contribution in [0.2, 0.25) is 0 Å². The minimum atomic E-state index is 0.660. The molecular weight excluding hydrogens is 204 g/mol. The van der Waals surface area contributed by atoms with E-state index in [2.05, 4.69) is 34.3 Å². The summed E-state index contributed by atoms with van der Waals surface area (Å²) < 4.78 is 5.60. The molecule has 0 amide bonds. The van der Waals surface area contributed by atoms with Gasteiger partial charge < -0.3 is 14.6 Å². The molecule has 2 heterocycles. The van der Waals surface area contributed by atoms with E-state index in [1.165, 1.54) is 12.8 Å².